The van der Waals surface area contributed by atoms with E-state index in [4.69, 9.17) is 0 Å². The van der Waals surface area contributed by atoms with E-state index in [-0.39, 0.29) is 0 Å². The molecule has 0 fully saturated rings. The van der Waals surface area contributed by atoms with Gasteiger partial charge >= 0.3 is 0 Å². The first kappa shape index (κ1) is 9.99. The summed E-state index contributed by atoms with van der Waals surface area (Å²) in [5.41, 5.74) is 0.905. The van der Waals surface area contributed by atoms with E-state index >= 15 is 0 Å². The molecule has 0 atom stereocenters. The molecule has 0 aliphatic carbocycles. The maximum absolute atomic E-state index is 9.72. The Morgan fingerprint density at radius 1 is 1.14 bits per heavy atom. The van der Waals surface area contributed by atoms with Crippen LogP contribution in [0.5, 0.6) is 5.75 Å². The van der Waals surface area contributed by atoms with E-state index in [0.717, 1.165) is 25.3 Å². The van der Waals surface area contributed by atoms with E-state index in [1.165, 1.54) is 0 Å². The first-order chi connectivity index (χ1) is 6.59. The third-order valence-corrected chi connectivity index (χ3v) is 3.38. The third-order valence-electron chi connectivity index (χ3n) is 2.28. The molecule has 0 spiro atoms. The number of hydrogen-bond acceptors (Lipinski definition) is 1. The van der Waals surface area contributed by atoms with Crippen LogP contribution in [0.3, 0.4) is 0 Å². The van der Waals surface area contributed by atoms with Crippen molar-refractivity contribution < 1.29 is 5.11 Å². The lowest BCUT2D eigenvalue weighted by Gasteiger charge is -2.07. The van der Waals surface area contributed by atoms with Gasteiger partial charge in [0, 0.05) is 4.47 Å². The third kappa shape index (κ3) is 1.55. The van der Waals surface area contributed by atoms with Crippen molar-refractivity contribution in [2.75, 3.05) is 0 Å². The normalized spacial score (nSPS) is 10.8. The van der Waals surface area contributed by atoms with Gasteiger partial charge in [-0.25, -0.2) is 0 Å². The second-order valence-corrected chi connectivity index (χ2v) is 4.97. The molecule has 0 unspecified atom stereocenters. The number of rotatable bonds is 0. The van der Waals surface area contributed by atoms with Crippen molar-refractivity contribution in [3.05, 3.63) is 38.8 Å². The van der Waals surface area contributed by atoms with E-state index in [1.807, 2.05) is 31.2 Å². The van der Waals surface area contributed by atoms with E-state index in [2.05, 4.69) is 31.9 Å². The second-order valence-electron chi connectivity index (χ2n) is 3.20. The molecule has 0 radical (unpaired) electrons. The highest BCUT2D eigenvalue weighted by Gasteiger charge is 2.06. The average molecular weight is 316 g/mol. The van der Waals surface area contributed by atoms with E-state index in [1.54, 1.807) is 0 Å². The number of phenols is 1. The molecule has 3 heteroatoms. The Labute approximate surface area is 99.0 Å². The minimum atomic E-state index is 0.319. The number of halogens is 2. The van der Waals surface area contributed by atoms with Crippen molar-refractivity contribution in [3.63, 3.8) is 0 Å². The zero-order chi connectivity index (χ0) is 10.3. The lowest BCUT2D eigenvalue weighted by atomic mass is 10.1. The first-order valence-electron chi connectivity index (χ1n) is 4.17. The summed E-state index contributed by atoms with van der Waals surface area (Å²) >= 11 is 6.75. The minimum absolute atomic E-state index is 0.319. The molecule has 0 aromatic heterocycles. The predicted molar refractivity (Wildman–Crippen MR) is 65.7 cm³/mol. The van der Waals surface area contributed by atoms with Crippen LogP contribution in [-0.4, -0.2) is 5.11 Å². The zero-order valence-electron chi connectivity index (χ0n) is 7.51. The number of benzene rings is 2. The Balaban J connectivity index is 2.91. The first-order valence-corrected chi connectivity index (χ1v) is 5.75. The lowest BCUT2D eigenvalue weighted by Crippen LogP contribution is -1.81. The summed E-state index contributed by atoms with van der Waals surface area (Å²) in [6, 6.07) is 7.93. The van der Waals surface area contributed by atoms with Gasteiger partial charge in [0.1, 0.15) is 5.75 Å². The molecular weight excluding hydrogens is 308 g/mol. The molecule has 0 saturated carbocycles. The highest BCUT2D eigenvalue weighted by atomic mass is 79.9. The molecule has 0 aliphatic heterocycles. The molecule has 0 bridgehead atoms. The Hall–Kier alpha value is -0.540. The molecule has 2 rings (SSSR count). The Morgan fingerprint density at radius 3 is 2.57 bits per heavy atom. The molecule has 0 aliphatic rings. The fourth-order valence-corrected chi connectivity index (χ4v) is 2.43. The van der Waals surface area contributed by atoms with Crippen molar-refractivity contribution >= 4 is 42.6 Å². The molecule has 2 aromatic rings. The van der Waals surface area contributed by atoms with Gasteiger partial charge in [0.05, 0.1) is 4.47 Å². The summed E-state index contributed by atoms with van der Waals surface area (Å²) < 4.78 is 1.78. The molecule has 1 nitrogen and oxygen atoms in total. The van der Waals surface area contributed by atoms with Crippen molar-refractivity contribution in [2.45, 2.75) is 6.92 Å². The Morgan fingerprint density at radius 2 is 1.86 bits per heavy atom. The summed E-state index contributed by atoms with van der Waals surface area (Å²) in [6.45, 7) is 1.91. The van der Waals surface area contributed by atoms with Crippen LogP contribution in [0.4, 0.5) is 0 Å². The Kier molecular flexibility index (Phi) is 2.54. The minimum Gasteiger partial charge on any atom is -0.506 e. The van der Waals surface area contributed by atoms with Crippen molar-refractivity contribution in [1.29, 1.82) is 0 Å². The molecule has 0 saturated heterocycles. The summed E-state index contributed by atoms with van der Waals surface area (Å²) in [6.07, 6.45) is 0. The van der Waals surface area contributed by atoms with Crippen LogP contribution in [0, 0.1) is 6.92 Å². The number of fused-ring (bicyclic) bond motifs is 1. The van der Waals surface area contributed by atoms with Gasteiger partial charge in [0.15, 0.2) is 0 Å². The van der Waals surface area contributed by atoms with Crippen molar-refractivity contribution in [1.82, 2.24) is 0 Å². The van der Waals surface area contributed by atoms with E-state index < -0.39 is 0 Å². The van der Waals surface area contributed by atoms with Crippen LogP contribution < -0.4 is 0 Å². The number of phenolic OH excluding ortho intramolecular Hbond substituents is 1. The number of aromatic hydroxyl groups is 1. The predicted octanol–water partition coefficient (Wildman–Crippen LogP) is 4.38. The molecule has 0 amide bonds. The largest absolute Gasteiger partial charge is 0.506 e. The number of hydrogen-bond donors (Lipinski definition) is 1. The van der Waals surface area contributed by atoms with Gasteiger partial charge in [-0.1, -0.05) is 22.0 Å². The fraction of sp³-hybridized carbons (Fsp3) is 0.0909. The Bertz CT molecular complexity index is 506. The van der Waals surface area contributed by atoms with Gasteiger partial charge in [-0.15, -0.1) is 0 Å². The van der Waals surface area contributed by atoms with Gasteiger partial charge in [-0.2, -0.15) is 0 Å². The van der Waals surface area contributed by atoms with Crippen LogP contribution in [0.25, 0.3) is 10.8 Å². The van der Waals surface area contributed by atoms with Gasteiger partial charge in [0.25, 0.3) is 0 Å². The molecule has 72 valence electrons. The second kappa shape index (κ2) is 3.55. The van der Waals surface area contributed by atoms with Gasteiger partial charge < -0.3 is 5.11 Å². The zero-order valence-corrected chi connectivity index (χ0v) is 10.7. The van der Waals surface area contributed by atoms with Crippen LogP contribution >= 0.6 is 31.9 Å². The summed E-state index contributed by atoms with van der Waals surface area (Å²) in [4.78, 5) is 0. The van der Waals surface area contributed by atoms with Crippen LogP contribution in [-0.2, 0) is 0 Å². The van der Waals surface area contributed by atoms with Gasteiger partial charge in [-0.3, -0.25) is 0 Å². The maximum atomic E-state index is 9.72. The van der Waals surface area contributed by atoms with Crippen LogP contribution in [0.15, 0.2) is 33.2 Å². The molecule has 14 heavy (non-hydrogen) atoms. The monoisotopic (exact) mass is 314 g/mol. The number of aryl methyl sites for hydroxylation is 1. The highest BCUT2D eigenvalue weighted by Crippen LogP contribution is 2.34. The average Bonchev–Trinajstić information content (AvgIpc) is 2.14. The molecule has 0 heterocycles. The topological polar surface area (TPSA) is 20.2 Å². The van der Waals surface area contributed by atoms with E-state index in [9.17, 15) is 5.11 Å². The standard InChI is InChI=1S/C11H8Br2O/c1-6-9-3-2-8(12)4-7(9)5-10(13)11(6)14/h2-5,14H,1H3. The van der Waals surface area contributed by atoms with Crippen LogP contribution in [0.1, 0.15) is 5.56 Å². The summed E-state index contributed by atoms with van der Waals surface area (Å²) in [7, 11) is 0. The van der Waals surface area contributed by atoms with Crippen molar-refractivity contribution in [2.24, 2.45) is 0 Å². The van der Waals surface area contributed by atoms with Gasteiger partial charge in [-0.05, 0) is 57.4 Å². The van der Waals surface area contributed by atoms with Gasteiger partial charge in [0.2, 0.25) is 0 Å². The van der Waals surface area contributed by atoms with E-state index in [0.29, 0.717) is 5.75 Å². The lowest BCUT2D eigenvalue weighted by molar-refractivity contribution is 0.469. The fourth-order valence-electron chi connectivity index (χ4n) is 1.51. The summed E-state index contributed by atoms with van der Waals surface area (Å²) in [5, 5.41) is 11.9. The molecular formula is C11H8Br2O. The summed E-state index contributed by atoms with van der Waals surface area (Å²) in [5.74, 6) is 0.319. The smallest absolute Gasteiger partial charge is 0.133 e. The maximum Gasteiger partial charge on any atom is 0.133 e. The quantitative estimate of drug-likeness (QED) is 0.765. The molecule has 2 aromatic carbocycles. The van der Waals surface area contributed by atoms with Crippen molar-refractivity contribution in [3.8, 4) is 5.75 Å². The highest BCUT2D eigenvalue weighted by molar-refractivity contribution is 9.10. The van der Waals surface area contributed by atoms with Crippen LogP contribution in [0.2, 0.25) is 0 Å². The SMILES string of the molecule is Cc1c(O)c(Br)cc2cc(Br)ccc12. The molecule has 1 N–H and O–H groups in total.